The van der Waals surface area contributed by atoms with Crippen molar-refractivity contribution < 1.29 is 9.90 Å². The Morgan fingerprint density at radius 2 is 1.50 bits per heavy atom. The summed E-state index contributed by atoms with van der Waals surface area (Å²) in [7, 11) is 0. The Morgan fingerprint density at radius 1 is 1.38 bits per heavy atom. The van der Waals surface area contributed by atoms with Crippen molar-refractivity contribution in [1.29, 1.82) is 0 Å². The molecule has 0 radical (unpaired) electrons. The van der Waals surface area contributed by atoms with Crippen molar-refractivity contribution in [3.05, 3.63) is 0 Å². The Bertz CT molecular complexity index is 82.9. The predicted molar refractivity (Wildman–Crippen MR) is 37.0 cm³/mol. The van der Waals surface area contributed by atoms with Gasteiger partial charge in [0.05, 0.1) is 5.41 Å². The molecule has 50 valence electrons. The quantitative estimate of drug-likeness (QED) is 0.636. The molecule has 0 aromatic rings. The molecule has 0 fully saturated rings. The second-order valence-electron chi connectivity index (χ2n) is 2.56. The predicted octanol–water partition coefficient (Wildman–Crippen LogP) is -0.0668. The van der Waals surface area contributed by atoms with Crippen LogP contribution in [0.3, 0.4) is 0 Å². The first kappa shape index (κ1) is 11.2. The van der Waals surface area contributed by atoms with Crippen molar-refractivity contribution in [2.45, 2.75) is 20.8 Å². The van der Waals surface area contributed by atoms with Gasteiger partial charge in [-0.2, -0.15) is 0 Å². The second kappa shape index (κ2) is 3.39. The van der Waals surface area contributed by atoms with Crippen LogP contribution in [0.1, 0.15) is 20.8 Å². The van der Waals surface area contributed by atoms with Gasteiger partial charge in [-0.3, -0.25) is 4.79 Å². The third kappa shape index (κ3) is 4.51. The minimum atomic E-state index is -0.757. The molecule has 0 saturated carbocycles. The zero-order chi connectivity index (χ0) is 6.08. The van der Waals surface area contributed by atoms with E-state index >= 15 is 0 Å². The topological polar surface area (TPSA) is 37.3 Å². The second-order valence-corrected chi connectivity index (χ2v) is 2.56. The Hall–Kier alpha value is 0.353. The van der Waals surface area contributed by atoms with Crippen LogP contribution in [0.5, 0.6) is 0 Å². The molecule has 0 aromatic heterocycles. The van der Waals surface area contributed by atoms with E-state index < -0.39 is 11.4 Å². The van der Waals surface area contributed by atoms with E-state index in [1.165, 1.54) is 0 Å². The molecule has 3 heteroatoms. The number of rotatable bonds is 0. The summed E-state index contributed by atoms with van der Waals surface area (Å²) >= 11 is 0. The van der Waals surface area contributed by atoms with Crippen molar-refractivity contribution in [2.24, 2.45) is 5.41 Å². The van der Waals surface area contributed by atoms with Crippen molar-refractivity contribution in [2.75, 3.05) is 0 Å². The van der Waals surface area contributed by atoms with Gasteiger partial charge in [0.1, 0.15) is 0 Å². The third-order valence-corrected chi connectivity index (χ3v) is 0.642. The Balaban J connectivity index is 0. The summed E-state index contributed by atoms with van der Waals surface area (Å²) in [4.78, 5) is 10.0. The first-order valence-electron chi connectivity index (χ1n) is 2.18. The molecule has 0 aromatic carbocycles. The summed E-state index contributed by atoms with van der Waals surface area (Å²) in [6, 6.07) is 0. The monoisotopic (exact) mass is 314 g/mol. The molecule has 0 spiro atoms. The number of carboxylic acids is 1. The summed E-state index contributed by atoms with van der Waals surface area (Å²) < 4.78 is 0. The number of aliphatic carboxylic acids is 1. The summed E-state index contributed by atoms with van der Waals surface area (Å²) in [5, 5.41) is 8.25. The first-order valence-corrected chi connectivity index (χ1v) is 2.18. The van der Waals surface area contributed by atoms with E-state index in [1.54, 1.807) is 20.8 Å². The zero-order valence-corrected chi connectivity index (χ0v) is 11.1. The standard InChI is InChI=1S/C5H10O2.Bi.3H/c1-5(2,3)4(6)7;;;;/h1-3H3,(H,6,7);;;;. The molecule has 0 aliphatic heterocycles. The van der Waals surface area contributed by atoms with Gasteiger partial charge in [-0.15, -0.1) is 0 Å². The van der Waals surface area contributed by atoms with Crippen LogP contribution in [-0.2, 0) is 4.79 Å². The van der Waals surface area contributed by atoms with E-state index in [4.69, 9.17) is 5.11 Å². The van der Waals surface area contributed by atoms with Gasteiger partial charge in [-0.25, -0.2) is 0 Å². The fraction of sp³-hybridized carbons (Fsp3) is 0.800. The maximum atomic E-state index is 10.0. The molecule has 0 bridgehead atoms. The van der Waals surface area contributed by atoms with E-state index in [2.05, 4.69) is 0 Å². The van der Waals surface area contributed by atoms with Gasteiger partial charge in [0.2, 0.25) is 0 Å². The van der Waals surface area contributed by atoms with E-state index in [9.17, 15) is 4.79 Å². The van der Waals surface area contributed by atoms with Gasteiger partial charge in [0.25, 0.3) is 0 Å². The number of hydrogen-bond donors (Lipinski definition) is 1. The molecule has 0 aliphatic rings. The van der Waals surface area contributed by atoms with E-state index in [0.29, 0.717) is 0 Å². The molecule has 0 unspecified atom stereocenters. The molecule has 8 heavy (non-hydrogen) atoms. The fourth-order valence-electron chi connectivity index (χ4n) is 0. The van der Waals surface area contributed by atoms with Crippen LogP contribution in [0.25, 0.3) is 0 Å². The molecule has 1 N–H and O–H groups in total. The van der Waals surface area contributed by atoms with Crippen molar-refractivity contribution in [1.82, 2.24) is 0 Å². The molecule has 0 amide bonds. The summed E-state index contributed by atoms with van der Waals surface area (Å²) in [5.74, 6) is -0.757. The van der Waals surface area contributed by atoms with Crippen LogP contribution in [0.4, 0.5) is 0 Å². The summed E-state index contributed by atoms with van der Waals surface area (Å²) in [6.07, 6.45) is 0. The van der Waals surface area contributed by atoms with Crippen molar-refractivity contribution >= 4 is 32.2 Å². The zero-order valence-electron chi connectivity index (χ0n) is 5.56. The van der Waals surface area contributed by atoms with Gasteiger partial charge in [0.15, 0.2) is 0 Å². The summed E-state index contributed by atoms with van der Waals surface area (Å²) in [5.41, 5.74) is -0.583. The van der Waals surface area contributed by atoms with E-state index in [1.807, 2.05) is 0 Å². The van der Waals surface area contributed by atoms with Gasteiger partial charge in [-0.05, 0) is 20.8 Å². The first-order chi connectivity index (χ1) is 2.94. The maximum absolute atomic E-state index is 10.0. The molecule has 0 rings (SSSR count). The molecule has 2 nitrogen and oxygen atoms in total. The molecule has 0 aliphatic carbocycles. The van der Waals surface area contributed by atoms with Gasteiger partial charge >= 0.3 is 32.2 Å². The average Bonchev–Trinajstić information content (AvgIpc) is 1.31. The number of hydrogen-bond acceptors (Lipinski definition) is 1. The van der Waals surface area contributed by atoms with Crippen LogP contribution in [0.2, 0.25) is 0 Å². The van der Waals surface area contributed by atoms with Crippen molar-refractivity contribution in [3.63, 3.8) is 0 Å². The van der Waals surface area contributed by atoms with Crippen LogP contribution < -0.4 is 0 Å². The van der Waals surface area contributed by atoms with Crippen LogP contribution in [0.15, 0.2) is 0 Å². The molecule has 0 saturated heterocycles. The van der Waals surface area contributed by atoms with E-state index in [-0.39, 0.29) is 26.2 Å². The van der Waals surface area contributed by atoms with Gasteiger partial charge in [0, 0.05) is 0 Å². The van der Waals surface area contributed by atoms with E-state index in [0.717, 1.165) is 0 Å². The minimum absolute atomic E-state index is 0. The normalized spacial score (nSPS) is 9.88. The van der Waals surface area contributed by atoms with Crippen LogP contribution in [-0.4, -0.2) is 37.3 Å². The molecule has 0 heterocycles. The Morgan fingerprint density at radius 3 is 1.50 bits per heavy atom. The number of carboxylic acid groups (broad SMARTS) is 1. The Labute approximate surface area is 68.4 Å². The van der Waals surface area contributed by atoms with Crippen LogP contribution in [0, 0.1) is 5.41 Å². The third-order valence-electron chi connectivity index (χ3n) is 0.642. The van der Waals surface area contributed by atoms with Gasteiger partial charge in [-0.1, -0.05) is 0 Å². The molecule has 0 atom stereocenters. The average molecular weight is 314 g/mol. The van der Waals surface area contributed by atoms with Gasteiger partial charge < -0.3 is 5.11 Å². The van der Waals surface area contributed by atoms with Crippen LogP contribution >= 0.6 is 0 Å². The van der Waals surface area contributed by atoms with Crippen molar-refractivity contribution in [3.8, 4) is 0 Å². The fourth-order valence-corrected chi connectivity index (χ4v) is 0. The SMILES string of the molecule is CC(C)(C)C(=O)O.[BiH3]. The number of carbonyl (C=O) groups is 1. The molecular formula is C5H13BiO2. The molecular weight excluding hydrogens is 301 g/mol. The Kier molecular flexibility index (Phi) is 4.75. The summed E-state index contributed by atoms with van der Waals surface area (Å²) in [6.45, 7) is 4.99.